The maximum Gasteiger partial charge on any atom is 0.0342 e. The molecule has 2 nitrogen and oxygen atoms in total. The van der Waals surface area contributed by atoms with Crippen molar-refractivity contribution in [3.63, 3.8) is 0 Å². The molecule has 1 aliphatic rings. The van der Waals surface area contributed by atoms with Gasteiger partial charge in [0.15, 0.2) is 0 Å². The first-order valence-corrected chi connectivity index (χ1v) is 7.47. The molecule has 1 heterocycles. The van der Waals surface area contributed by atoms with Gasteiger partial charge < -0.3 is 10.2 Å². The van der Waals surface area contributed by atoms with E-state index in [4.69, 9.17) is 0 Å². The van der Waals surface area contributed by atoms with Crippen LogP contribution in [0.1, 0.15) is 18.4 Å². The summed E-state index contributed by atoms with van der Waals surface area (Å²) in [6.45, 7) is 1.01. The quantitative estimate of drug-likeness (QED) is 0.884. The van der Waals surface area contributed by atoms with Gasteiger partial charge in [-0.1, -0.05) is 12.1 Å². The van der Waals surface area contributed by atoms with Crippen LogP contribution in [-0.2, 0) is 6.54 Å². The zero-order valence-electron chi connectivity index (χ0n) is 10.8. The van der Waals surface area contributed by atoms with Gasteiger partial charge in [-0.3, -0.25) is 0 Å². The molecule has 3 heteroatoms. The number of nitrogens with zero attached hydrogens (tertiary/aromatic N) is 1. The van der Waals surface area contributed by atoms with Gasteiger partial charge in [-0.15, -0.1) is 0 Å². The van der Waals surface area contributed by atoms with Crippen LogP contribution in [0.3, 0.4) is 0 Å². The van der Waals surface area contributed by atoms with E-state index in [0.29, 0.717) is 6.04 Å². The molecular weight excluding hydrogens is 228 g/mol. The molecule has 1 aromatic carbocycles. The van der Waals surface area contributed by atoms with Crippen molar-refractivity contribution in [2.24, 2.45) is 0 Å². The van der Waals surface area contributed by atoms with Gasteiger partial charge in [0, 0.05) is 18.3 Å². The predicted molar refractivity (Wildman–Crippen MR) is 77.8 cm³/mol. The molecule has 0 spiro atoms. The van der Waals surface area contributed by atoms with Crippen LogP contribution < -0.4 is 5.32 Å². The van der Waals surface area contributed by atoms with Crippen LogP contribution >= 0.6 is 11.8 Å². The second kappa shape index (κ2) is 6.31. The summed E-state index contributed by atoms with van der Waals surface area (Å²) >= 11 is 2.07. The molecule has 0 unspecified atom stereocenters. The van der Waals surface area contributed by atoms with Crippen LogP contribution in [0.4, 0.5) is 5.69 Å². The Labute approximate surface area is 109 Å². The summed E-state index contributed by atoms with van der Waals surface area (Å²) in [5.41, 5.74) is 2.64. The zero-order valence-corrected chi connectivity index (χ0v) is 11.6. The van der Waals surface area contributed by atoms with Crippen molar-refractivity contribution in [3.8, 4) is 0 Å². The maximum atomic E-state index is 3.63. The summed E-state index contributed by atoms with van der Waals surface area (Å²) in [5.74, 6) is 2.60. The lowest BCUT2D eigenvalue weighted by molar-refractivity contribution is 0.402. The second-order valence-electron chi connectivity index (χ2n) is 4.97. The van der Waals surface area contributed by atoms with Crippen LogP contribution in [0, 0.1) is 0 Å². The molecule has 1 fully saturated rings. The molecule has 1 N–H and O–H groups in total. The van der Waals surface area contributed by atoms with Gasteiger partial charge in [0.1, 0.15) is 0 Å². The number of anilines is 1. The standard InChI is InChI=1S/C14H22N2S/c1-16(2)11-12-3-5-13(6-4-12)15-14-7-9-17-10-8-14/h3-6,14-15H,7-11H2,1-2H3. The van der Waals surface area contributed by atoms with Gasteiger partial charge in [0.05, 0.1) is 0 Å². The second-order valence-corrected chi connectivity index (χ2v) is 6.19. The molecule has 0 amide bonds. The average Bonchev–Trinajstić information content (AvgIpc) is 2.32. The van der Waals surface area contributed by atoms with E-state index >= 15 is 0 Å². The van der Waals surface area contributed by atoms with Crippen LogP contribution in [-0.4, -0.2) is 36.5 Å². The highest BCUT2D eigenvalue weighted by molar-refractivity contribution is 7.99. The molecule has 94 valence electrons. The molecule has 0 bridgehead atoms. The summed E-state index contributed by atoms with van der Waals surface area (Å²) in [6, 6.07) is 9.54. The van der Waals surface area contributed by atoms with E-state index in [0.717, 1.165) is 6.54 Å². The number of rotatable bonds is 4. The van der Waals surface area contributed by atoms with Gasteiger partial charge in [0.25, 0.3) is 0 Å². The lowest BCUT2D eigenvalue weighted by atomic mass is 10.1. The van der Waals surface area contributed by atoms with Crippen molar-refractivity contribution < 1.29 is 0 Å². The average molecular weight is 250 g/mol. The third-order valence-electron chi connectivity index (χ3n) is 3.04. The van der Waals surface area contributed by atoms with Gasteiger partial charge in [0.2, 0.25) is 0 Å². The van der Waals surface area contributed by atoms with E-state index in [1.807, 2.05) is 0 Å². The largest absolute Gasteiger partial charge is 0.382 e. The van der Waals surface area contributed by atoms with Gasteiger partial charge in [-0.05, 0) is 56.1 Å². The van der Waals surface area contributed by atoms with E-state index in [-0.39, 0.29) is 0 Å². The fourth-order valence-corrected chi connectivity index (χ4v) is 3.26. The number of thioether (sulfide) groups is 1. The highest BCUT2D eigenvalue weighted by atomic mass is 32.2. The lowest BCUT2D eigenvalue weighted by Crippen LogP contribution is -2.24. The normalized spacial score (nSPS) is 17.4. The Kier molecular flexibility index (Phi) is 4.75. The monoisotopic (exact) mass is 250 g/mol. The van der Waals surface area contributed by atoms with E-state index in [2.05, 4.69) is 60.3 Å². The molecular formula is C14H22N2S. The topological polar surface area (TPSA) is 15.3 Å². The number of benzene rings is 1. The first-order valence-electron chi connectivity index (χ1n) is 6.32. The molecule has 0 aromatic heterocycles. The first kappa shape index (κ1) is 12.8. The summed E-state index contributed by atoms with van der Waals surface area (Å²) in [6.07, 6.45) is 2.59. The third-order valence-corrected chi connectivity index (χ3v) is 4.09. The van der Waals surface area contributed by atoms with E-state index < -0.39 is 0 Å². The van der Waals surface area contributed by atoms with Crippen LogP contribution in [0.2, 0.25) is 0 Å². The number of hydrogen-bond acceptors (Lipinski definition) is 3. The Morgan fingerprint density at radius 2 is 1.82 bits per heavy atom. The first-order chi connectivity index (χ1) is 8.24. The van der Waals surface area contributed by atoms with Gasteiger partial charge in [-0.2, -0.15) is 11.8 Å². The minimum absolute atomic E-state index is 0.677. The van der Waals surface area contributed by atoms with Crippen LogP contribution in [0.5, 0.6) is 0 Å². The van der Waals surface area contributed by atoms with Crippen molar-refractivity contribution in [3.05, 3.63) is 29.8 Å². The Morgan fingerprint density at radius 1 is 1.18 bits per heavy atom. The molecule has 0 aliphatic carbocycles. The molecule has 1 aromatic rings. The smallest absolute Gasteiger partial charge is 0.0342 e. The van der Waals surface area contributed by atoms with Crippen molar-refractivity contribution in [2.45, 2.75) is 25.4 Å². The Balaban J connectivity index is 1.88. The molecule has 1 aliphatic heterocycles. The Morgan fingerprint density at radius 3 is 2.41 bits per heavy atom. The zero-order chi connectivity index (χ0) is 12.1. The molecule has 0 radical (unpaired) electrons. The fraction of sp³-hybridized carbons (Fsp3) is 0.571. The molecule has 1 saturated heterocycles. The highest BCUT2D eigenvalue weighted by Crippen LogP contribution is 2.21. The van der Waals surface area contributed by atoms with E-state index in [1.54, 1.807) is 0 Å². The van der Waals surface area contributed by atoms with E-state index in [1.165, 1.54) is 35.6 Å². The van der Waals surface area contributed by atoms with Crippen molar-refractivity contribution >= 4 is 17.4 Å². The number of hydrogen-bond donors (Lipinski definition) is 1. The summed E-state index contributed by atoms with van der Waals surface area (Å²) in [5, 5.41) is 3.63. The van der Waals surface area contributed by atoms with Crippen LogP contribution in [0.25, 0.3) is 0 Å². The molecule has 0 saturated carbocycles. The minimum atomic E-state index is 0.677. The highest BCUT2D eigenvalue weighted by Gasteiger charge is 2.12. The summed E-state index contributed by atoms with van der Waals surface area (Å²) < 4.78 is 0. The van der Waals surface area contributed by atoms with Gasteiger partial charge >= 0.3 is 0 Å². The van der Waals surface area contributed by atoms with Crippen LogP contribution in [0.15, 0.2) is 24.3 Å². The summed E-state index contributed by atoms with van der Waals surface area (Å²) in [7, 11) is 4.21. The molecule has 0 atom stereocenters. The maximum absolute atomic E-state index is 3.63. The Hall–Kier alpha value is -0.670. The SMILES string of the molecule is CN(C)Cc1ccc(NC2CCSCC2)cc1. The molecule has 17 heavy (non-hydrogen) atoms. The van der Waals surface area contributed by atoms with Crippen molar-refractivity contribution in [2.75, 3.05) is 30.9 Å². The molecule has 2 rings (SSSR count). The third kappa shape index (κ3) is 4.25. The van der Waals surface area contributed by atoms with Crippen molar-refractivity contribution in [1.29, 1.82) is 0 Å². The fourth-order valence-electron chi connectivity index (χ4n) is 2.15. The van der Waals surface area contributed by atoms with Crippen molar-refractivity contribution in [1.82, 2.24) is 4.90 Å². The minimum Gasteiger partial charge on any atom is -0.382 e. The number of nitrogens with one attached hydrogen (secondary N) is 1. The Bertz CT molecular complexity index is 329. The lowest BCUT2D eigenvalue weighted by Gasteiger charge is -2.23. The predicted octanol–water partition coefficient (Wildman–Crippen LogP) is 3.06. The van der Waals surface area contributed by atoms with Gasteiger partial charge in [-0.25, -0.2) is 0 Å². The van der Waals surface area contributed by atoms with E-state index in [9.17, 15) is 0 Å². The summed E-state index contributed by atoms with van der Waals surface area (Å²) in [4.78, 5) is 2.20.